The van der Waals surface area contributed by atoms with Gasteiger partial charge in [0.2, 0.25) is 5.91 Å². The molecule has 1 fully saturated rings. The lowest BCUT2D eigenvalue weighted by Gasteiger charge is -2.15. The molecule has 0 unspecified atom stereocenters. The van der Waals surface area contributed by atoms with Crippen molar-refractivity contribution in [3.05, 3.63) is 40.6 Å². The van der Waals surface area contributed by atoms with Crippen LogP contribution in [-0.4, -0.2) is 33.4 Å². The molecule has 0 spiro atoms. The maximum Gasteiger partial charge on any atom is 0.293 e. The van der Waals surface area contributed by atoms with Crippen molar-refractivity contribution in [2.75, 3.05) is 13.1 Å². The zero-order chi connectivity index (χ0) is 14.1. The SMILES string of the molecule is O=C(Cn1ccc2cccc([N+](=O)[O-])c21)N1CCCC1. The number of hydrogen-bond acceptors (Lipinski definition) is 3. The van der Waals surface area contributed by atoms with E-state index in [1.807, 2.05) is 11.0 Å². The van der Waals surface area contributed by atoms with Gasteiger partial charge >= 0.3 is 0 Å². The van der Waals surface area contributed by atoms with Crippen LogP contribution < -0.4 is 0 Å². The van der Waals surface area contributed by atoms with Crippen LogP contribution in [0, 0.1) is 10.1 Å². The third-order valence-electron chi connectivity index (χ3n) is 3.73. The number of nitrogens with zero attached hydrogens (tertiary/aromatic N) is 3. The Hall–Kier alpha value is -2.37. The molecular formula is C14H15N3O3. The average Bonchev–Trinajstić information content (AvgIpc) is 3.08. The number of para-hydroxylation sites is 1. The summed E-state index contributed by atoms with van der Waals surface area (Å²) in [7, 11) is 0. The van der Waals surface area contributed by atoms with Crippen molar-refractivity contribution in [3.8, 4) is 0 Å². The number of aromatic nitrogens is 1. The highest BCUT2D eigenvalue weighted by molar-refractivity contribution is 5.90. The second-order valence-electron chi connectivity index (χ2n) is 5.00. The van der Waals surface area contributed by atoms with Crippen LogP contribution in [0.4, 0.5) is 5.69 Å². The van der Waals surface area contributed by atoms with Crippen molar-refractivity contribution in [2.45, 2.75) is 19.4 Å². The van der Waals surface area contributed by atoms with E-state index in [0.717, 1.165) is 31.3 Å². The largest absolute Gasteiger partial charge is 0.341 e. The molecule has 1 aromatic carbocycles. The molecule has 6 nitrogen and oxygen atoms in total. The third-order valence-corrected chi connectivity index (χ3v) is 3.73. The number of amides is 1. The number of non-ortho nitro benzene ring substituents is 1. The zero-order valence-corrected chi connectivity index (χ0v) is 11.0. The van der Waals surface area contributed by atoms with Crippen LogP contribution in [-0.2, 0) is 11.3 Å². The Bertz CT molecular complexity index is 671. The zero-order valence-electron chi connectivity index (χ0n) is 11.0. The molecule has 1 saturated heterocycles. The number of rotatable bonds is 3. The van der Waals surface area contributed by atoms with Crippen molar-refractivity contribution in [3.63, 3.8) is 0 Å². The van der Waals surface area contributed by atoms with E-state index < -0.39 is 4.92 Å². The van der Waals surface area contributed by atoms with Crippen LogP contribution in [0.15, 0.2) is 30.5 Å². The Balaban J connectivity index is 1.95. The Kier molecular flexibility index (Phi) is 3.14. The Morgan fingerprint density at radius 3 is 2.70 bits per heavy atom. The summed E-state index contributed by atoms with van der Waals surface area (Å²) < 4.78 is 1.67. The topological polar surface area (TPSA) is 68.4 Å². The van der Waals surface area contributed by atoms with Crippen LogP contribution in [0.25, 0.3) is 10.9 Å². The van der Waals surface area contributed by atoms with E-state index in [2.05, 4.69) is 0 Å². The van der Waals surface area contributed by atoms with Crippen molar-refractivity contribution in [1.82, 2.24) is 9.47 Å². The predicted octanol–water partition coefficient (Wildman–Crippen LogP) is 2.17. The molecule has 20 heavy (non-hydrogen) atoms. The third kappa shape index (κ3) is 2.13. The molecule has 0 saturated carbocycles. The molecule has 3 rings (SSSR count). The van der Waals surface area contributed by atoms with Gasteiger partial charge in [-0.2, -0.15) is 0 Å². The van der Waals surface area contributed by atoms with Gasteiger partial charge in [-0.3, -0.25) is 14.9 Å². The molecule has 2 heterocycles. The highest BCUT2D eigenvalue weighted by atomic mass is 16.6. The summed E-state index contributed by atoms with van der Waals surface area (Å²) in [5, 5.41) is 11.9. The Morgan fingerprint density at radius 2 is 2.00 bits per heavy atom. The number of carbonyl (C=O) groups is 1. The van der Waals surface area contributed by atoms with E-state index in [9.17, 15) is 14.9 Å². The summed E-state index contributed by atoms with van der Waals surface area (Å²) in [4.78, 5) is 24.7. The van der Waals surface area contributed by atoms with Gasteiger partial charge in [0.1, 0.15) is 12.1 Å². The second kappa shape index (κ2) is 4.96. The molecule has 1 aliphatic rings. The van der Waals surface area contributed by atoms with Crippen molar-refractivity contribution in [2.24, 2.45) is 0 Å². The van der Waals surface area contributed by atoms with Crippen LogP contribution >= 0.6 is 0 Å². The molecule has 1 aliphatic heterocycles. The minimum atomic E-state index is -0.404. The molecule has 1 aromatic heterocycles. The summed E-state index contributed by atoms with van der Waals surface area (Å²) in [6, 6.07) is 6.75. The molecule has 6 heteroatoms. The summed E-state index contributed by atoms with van der Waals surface area (Å²) >= 11 is 0. The summed E-state index contributed by atoms with van der Waals surface area (Å²) in [5.74, 6) is 0.0261. The van der Waals surface area contributed by atoms with Crippen molar-refractivity contribution < 1.29 is 9.72 Å². The lowest BCUT2D eigenvalue weighted by Crippen LogP contribution is -2.30. The maximum atomic E-state index is 12.2. The smallest absolute Gasteiger partial charge is 0.293 e. The van der Waals surface area contributed by atoms with E-state index in [1.54, 1.807) is 22.9 Å². The molecule has 0 aliphatic carbocycles. The lowest BCUT2D eigenvalue weighted by molar-refractivity contribution is -0.383. The maximum absolute atomic E-state index is 12.2. The second-order valence-corrected chi connectivity index (χ2v) is 5.00. The van der Waals surface area contributed by atoms with Gasteiger partial charge in [0.15, 0.2) is 0 Å². The fraction of sp³-hybridized carbons (Fsp3) is 0.357. The first-order chi connectivity index (χ1) is 9.66. The minimum Gasteiger partial charge on any atom is -0.341 e. The highest BCUT2D eigenvalue weighted by Crippen LogP contribution is 2.26. The predicted molar refractivity (Wildman–Crippen MR) is 74.4 cm³/mol. The van der Waals surface area contributed by atoms with Crippen molar-refractivity contribution >= 4 is 22.5 Å². The van der Waals surface area contributed by atoms with Crippen LogP contribution in [0.5, 0.6) is 0 Å². The Labute approximate surface area is 115 Å². The molecule has 104 valence electrons. The van der Waals surface area contributed by atoms with Gasteiger partial charge in [-0.05, 0) is 18.9 Å². The minimum absolute atomic E-state index is 0.0261. The summed E-state index contributed by atoms with van der Waals surface area (Å²) in [5.41, 5.74) is 0.562. The fourth-order valence-electron chi connectivity index (χ4n) is 2.73. The molecule has 0 atom stereocenters. The number of nitro groups is 1. The first kappa shape index (κ1) is 12.7. The molecule has 2 aromatic rings. The Morgan fingerprint density at radius 1 is 1.25 bits per heavy atom. The number of hydrogen-bond donors (Lipinski definition) is 0. The molecule has 1 amide bonds. The molecule has 0 bridgehead atoms. The van der Waals surface area contributed by atoms with Gasteiger partial charge in [0.05, 0.1) is 4.92 Å². The van der Waals surface area contributed by atoms with Crippen LogP contribution in [0.3, 0.4) is 0 Å². The molecular weight excluding hydrogens is 258 g/mol. The monoisotopic (exact) mass is 273 g/mol. The fourth-order valence-corrected chi connectivity index (χ4v) is 2.73. The van der Waals surface area contributed by atoms with E-state index in [4.69, 9.17) is 0 Å². The normalized spacial score (nSPS) is 14.9. The van der Waals surface area contributed by atoms with Gasteiger partial charge in [0, 0.05) is 30.7 Å². The first-order valence-corrected chi connectivity index (χ1v) is 6.67. The van der Waals surface area contributed by atoms with Gasteiger partial charge in [0.25, 0.3) is 5.69 Å². The van der Waals surface area contributed by atoms with Crippen molar-refractivity contribution in [1.29, 1.82) is 0 Å². The van der Waals surface area contributed by atoms with Gasteiger partial charge < -0.3 is 9.47 Å². The standard InChI is InChI=1S/C14H15N3O3/c18-13(15-7-1-2-8-15)10-16-9-6-11-4-3-5-12(14(11)16)17(19)20/h3-6,9H,1-2,7-8,10H2. The quantitative estimate of drug-likeness (QED) is 0.635. The first-order valence-electron chi connectivity index (χ1n) is 6.67. The van der Waals surface area contributed by atoms with Crippen LogP contribution in [0.1, 0.15) is 12.8 Å². The van der Waals surface area contributed by atoms with Gasteiger partial charge in [-0.15, -0.1) is 0 Å². The summed E-state index contributed by atoms with van der Waals surface area (Å²) in [6.07, 6.45) is 3.82. The van der Waals surface area contributed by atoms with E-state index >= 15 is 0 Å². The number of nitro benzene ring substituents is 1. The average molecular weight is 273 g/mol. The lowest BCUT2D eigenvalue weighted by atomic mass is 10.2. The van der Waals surface area contributed by atoms with E-state index in [0.29, 0.717) is 5.52 Å². The van der Waals surface area contributed by atoms with Gasteiger partial charge in [-0.1, -0.05) is 12.1 Å². The van der Waals surface area contributed by atoms with Gasteiger partial charge in [-0.25, -0.2) is 0 Å². The number of carbonyl (C=O) groups excluding carboxylic acids is 1. The highest BCUT2D eigenvalue weighted by Gasteiger charge is 2.21. The number of likely N-dealkylation sites (tertiary alicyclic amines) is 1. The molecule has 0 N–H and O–H groups in total. The van der Waals surface area contributed by atoms with E-state index in [-0.39, 0.29) is 18.1 Å². The van der Waals surface area contributed by atoms with E-state index in [1.165, 1.54) is 6.07 Å². The summed E-state index contributed by atoms with van der Waals surface area (Å²) in [6.45, 7) is 1.74. The van der Waals surface area contributed by atoms with Crippen LogP contribution in [0.2, 0.25) is 0 Å². The number of benzene rings is 1. The molecule has 0 radical (unpaired) electrons. The number of fused-ring (bicyclic) bond motifs is 1.